The monoisotopic (exact) mass is 415 g/mol. The average Bonchev–Trinajstić information content (AvgIpc) is 2.84. The standard InChI is InChI=1S/C25H25N3O3/c1-31-21-11-7-10-20(18-21)24(29)27-14-16-28(17-15-27)25(30)26-23-13-6-5-12-22(23)19-8-3-2-4-9-19/h2-13,18H,14-17H2,1H3,(H,26,30). The Hall–Kier alpha value is -3.80. The van der Waals surface area contributed by atoms with Crippen LogP contribution in [0, 0.1) is 0 Å². The van der Waals surface area contributed by atoms with Gasteiger partial charge in [-0.15, -0.1) is 0 Å². The number of methoxy groups -OCH3 is 1. The summed E-state index contributed by atoms with van der Waals surface area (Å²) in [7, 11) is 1.58. The maximum Gasteiger partial charge on any atom is 0.321 e. The van der Waals surface area contributed by atoms with Gasteiger partial charge in [0.05, 0.1) is 12.8 Å². The smallest absolute Gasteiger partial charge is 0.321 e. The number of carbonyl (C=O) groups excluding carboxylic acids is 2. The molecule has 0 atom stereocenters. The summed E-state index contributed by atoms with van der Waals surface area (Å²) in [6.07, 6.45) is 0. The van der Waals surface area contributed by atoms with Gasteiger partial charge in [0.15, 0.2) is 0 Å². The summed E-state index contributed by atoms with van der Waals surface area (Å²) in [6, 6.07) is 24.7. The predicted molar refractivity (Wildman–Crippen MR) is 121 cm³/mol. The van der Waals surface area contributed by atoms with Crippen LogP contribution in [0.3, 0.4) is 0 Å². The van der Waals surface area contributed by atoms with Crippen molar-refractivity contribution in [1.29, 1.82) is 0 Å². The number of carbonyl (C=O) groups is 2. The minimum Gasteiger partial charge on any atom is -0.497 e. The fraction of sp³-hybridized carbons (Fsp3) is 0.200. The summed E-state index contributed by atoms with van der Waals surface area (Å²) in [6.45, 7) is 1.94. The zero-order valence-electron chi connectivity index (χ0n) is 17.5. The summed E-state index contributed by atoms with van der Waals surface area (Å²) in [5.74, 6) is 0.606. The van der Waals surface area contributed by atoms with E-state index in [1.54, 1.807) is 35.1 Å². The number of ether oxygens (including phenoxy) is 1. The third kappa shape index (κ3) is 4.69. The lowest BCUT2D eigenvalue weighted by Crippen LogP contribution is -2.51. The topological polar surface area (TPSA) is 61.9 Å². The number of para-hydroxylation sites is 1. The molecule has 3 aromatic carbocycles. The Morgan fingerprint density at radius 2 is 1.48 bits per heavy atom. The molecule has 4 rings (SSSR count). The molecule has 0 bridgehead atoms. The van der Waals surface area contributed by atoms with Crippen molar-refractivity contribution in [2.75, 3.05) is 38.6 Å². The van der Waals surface area contributed by atoms with Crippen LogP contribution in [0.15, 0.2) is 78.9 Å². The third-order valence-corrected chi connectivity index (χ3v) is 5.42. The number of urea groups is 1. The number of benzene rings is 3. The SMILES string of the molecule is COc1cccc(C(=O)N2CCN(C(=O)Nc3ccccc3-c3ccccc3)CC2)c1. The quantitative estimate of drug-likeness (QED) is 0.689. The Balaban J connectivity index is 1.39. The van der Waals surface area contributed by atoms with E-state index in [1.807, 2.05) is 60.7 Å². The first-order valence-electron chi connectivity index (χ1n) is 10.3. The van der Waals surface area contributed by atoms with E-state index in [0.717, 1.165) is 16.8 Å². The van der Waals surface area contributed by atoms with Crippen molar-refractivity contribution in [3.63, 3.8) is 0 Å². The Kier molecular flexibility index (Phi) is 6.17. The Bertz CT molecular complexity index is 1060. The van der Waals surface area contributed by atoms with E-state index in [4.69, 9.17) is 4.74 Å². The van der Waals surface area contributed by atoms with Crippen molar-refractivity contribution in [2.45, 2.75) is 0 Å². The molecule has 1 fully saturated rings. The molecule has 0 spiro atoms. The second-order valence-corrected chi connectivity index (χ2v) is 7.35. The summed E-state index contributed by atoms with van der Waals surface area (Å²) >= 11 is 0. The molecule has 1 N–H and O–H groups in total. The van der Waals surface area contributed by atoms with E-state index in [-0.39, 0.29) is 11.9 Å². The number of piperazine rings is 1. The molecule has 1 aliphatic heterocycles. The zero-order chi connectivity index (χ0) is 21.6. The highest BCUT2D eigenvalue weighted by atomic mass is 16.5. The van der Waals surface area contributed by atoms with Gasteiger partial charge in [-0.2, -0.15) is 0 Å². The van der Waals surface area contributed by atoms with Gasteiger partial charge in [-0.25, -0.2) is 4.79 Å². The summed E-state index contributed by atoms with van der Waals surface area (Å²) < 4.78 is 5.21. The first-order chi connectivity index (χ1) is 15.2. The maximum atomic E-state index is 12.9. The highest BCUT2D eigenvalue weighted by Crippen LogP contribution is 2.28. The molecule has 31 heavy (non-hydrogen) atoms. The Morgan fingerprint density at radius 1 is 0.806 bits per heavy atom. The van der Waals surface area contributed by atoms with Gasteiger partial charge in [0, 0.05) is 37.3 Å². The molecule has 6 nitrogen and oxygen atoms in total. The maximum absolute atomic E-state index is 12.9. The number of rotatable bonds is 4. The van der Waals surface area contributed by atoms with Crippen molar-refractivity contribution in [2.24, 2.45) is 0 Å². The van der Waals surface area contributed by atoms with Crippen molar-refractivity contribution >= 4 is 17.6 Å². The second kappa shape index (κ2) is 9.34. The second-order valence-electron chi connectivity index (χ2n) is 7.35. The van der Waals surface area contributed by atoms with E-state index in [2.05, 4.69) is 5.32 Å². The summed E-state index contributed by atoms with van der Waals surface area (Å²) in [4.78, 5) is 29.2. The lowest BCUT2D eigenvalue weighted by molar-refractivity contribution is 0.0671. The van der Waals surface area contributed by atoms with E-state index in [1.165, 1.54) is 0 Å². The van der Waals surface area contributed by atoms with Crippen molar-refractivity contribution in [1.82, 2.24) is 9.80 Å². The van der Waals surface area contributed by atoms with Gasteiger partial charge in [0.2, 0.25) is 0 Å². The van der Waals surface area contributed by atoms with Crippen LogP contribution in [0.4, 0.5) is 10.5 Å². The molecular weight excluding hydrogens is 390 g/mol. The van der Waals surface area contributed by atoms with Crippen molar-refractivity contribution in [3.05, 3.63) is 84.4 Å². The molecule has 158 valence electrons. The highest BCUT2D eigenvalue weighted by molar-refractivity contribution is 5.96. The van der Waals surface area contributed by atoms with Gasteiger partial charge in [-0.1, -0.05) is 54.6 Å². The normalized spacial score (nSPS) is 13.6. The van der Waals surface area contributed by atoms with Gasteiger partial charge >= 0.3 is 6.03 Å². The molecule has 3 aromatic rings. The molecule has 0 saturated carbocycles. The summed E-state index contributed by atoms with van der Waals surface area (Å²) in [5, 5.41) is 3.04. The van der Waals surface area contributed by atoms with E-state index in [0.29, 0.717) is 37.5 Å². The Labute approximate surface area is 182 Å². The van der Waals surface area contributed by atoms with Crippen LogP contribution in [-0.4, -0.2) is 55.0 Å². The van der Waals surface area contributed by atoms with Crippen LogP contribution in [0.5, 0.6) is 5.75 Å². The third-order valence-electron chi connectivity index (χ3n) is 5.42. The highest BCUT2D eigenvalue weighted by Gasteiger charge is 2.25. The van der Waals surface area contributed by atoms with Crippen LogP contribution in [0.2, 0.25) is 0 Å². The Morgan fingerprint density at radius 3 is 2.23 bits per heavy atom. The lowest BCUT2D eigenvalue weighted by atomic mass is 10.0. The van der Waals surface area contributed by atoms with Gasteiger partial charge < -0.3 is 19.9 Å². The van der Waals surface area contributed by atoms with Gasteiger partial charge in [0.1, 0.15) is 5.75 Å². The van der Waals surface area contributed by atoms with Crippen LogP contribution >= 0.6 is 0 Å². The molecule has 0 aliphatic carbocycles. The average molecular weight is 415 g/mol. The number of hydrogen-bond donors (Lipinski definition) is 1. The predicted octanol–water partition coefficient (Wildman–Crippen LogP) is 4.35. The van der Waals surface area contributed by atoms with Crippen molar-refractivity contribution in [3.8, 4) is 16.9 Å². The first-order valence-corrected chi connectivity index (χ1v) is 10.3. The van der Waals surface area contributed by atoms with E-state index < -0.39 is 0 Å². The fourth-order valence-corrected chi connectivity index (χ4v) is 3.71. The molecule has 0 radical (unpaired) electrons. The van der Waals surface area contributed by atoms with Crippen LogP contribution in [-0.2, 0) is 0 Å². The van der Waals surface area contributed by atoms with Gasteiger partial charge in [0.25, 0.3) is 5.91 Å². The molecule has 0 unspecified atom stereocenters. The molecule has 6 heteroatoms. The number of nitrogens with zero attached hydrogens (tertiary/aromatic N) is 2. The summed E-state index contributed by atoms with van der Waals surface area (Å²) in [5.41, 5.74) is 3.39. The van der Waals surface area contributed by atoms with E-state index >= 15 is 0 Å². The number of anilines is 1. The van der Waals surface area contributed by atoms with Crippen molar-refractivity contribution < 1.29 is 14.3 Å². The zero-order valence-corrected chi connectivity index (χ0v) is 17.5. The fourth-order valence-electron chi connectivity index (χ4n) is 3.71. The molecule has 0 aromatic heterocycles. The number of hydrogen-bond acceptors (Lipinski definition) is 3. The van der Waals surface area contributed by atoms with Crippen LogP contribution < -0.4 is 10.1 Å². The largest absolute Gasteiger partial charge is 0.497 e. The number of amides is 3. The lowest BCUT2D eigenvalue weighted by Gasteiger charge is -2.35. The van der Waals surface area contributed by atoms with Gasteiger partial charge in [-0.3, -0.25) is 4.79 Å². The van der Waals surface area contributed by atoms with Gasteiger partial charge in [-0.05, 0) is 29.8 Å². The molecular formula is C25H25N3O3. The molecule has 3 amide bonds. The molecule has 1 heterocycles. The van der Waals surface area contributed by atoms with E-state index in [9.17, 15) is 9.59 Å². The van der Waals surface area contributed by atoms with Crippen LogP contribution in [0.1, 0.15) is 10.4 Å². The minimum absolute atomic E-state index is 0.0478. The minimum atomic E-state index is -0.156. The molecule has 1 aliphatic rings. The van der Waals surface area contributed by atoms with Crippen LogP contribution in [0.25, 0.3) is 11.1 Å². The first kappa shape index (κ1) is 20.5. The number of nitrogens with one attached hydrogen (secondary N) is 1. The molecule has 1 saturated heterocycles.